The first kappa shape index (κ1) is 18.6. The molecule has 3 heterocycles. The molecule has 0 atom stereocenters. The number of hydrogen-bond donors (Lipinski definition) is 1. The molecule has 2 aromatic heterocycles. The summed E-state index contributed by atoms with van der Waals surface area (Å²) in [6.45, 7) is 1.85. The molecule has 3 aromatic rings. The van der Waals surface area contributed by atoms with Gasteiger partial charge in [0.1, 0.15) is 5.69 Å². The smallest absolute Gasteiger partial charge is 0.317 e. The van der Waals surface area contributed by atoms with Crippen LogP contribution in [0.25, 0.3) is 22.4 Å². The van der Waals surface area contributed by atoms with Crippen LogP contribution in [-0.4, -0.2) is 28.3 Å². The molecule has 0 saturated carbocycles. The topological polar surface area (TPSA) is 50.7 Å². The Kier molecular flexibility index (Phi) is 5.09. The van der Waals surface area contributed by atoms with Gasteiger partial charge in [0.25, 0.3) is 0 Å². The molecule has 0 bridgehead atoms. The Hall–Kier alpha value is -2.80. The molecule has 0 radical (unpaired) electrons. The molecule has 0 aliphatic carbocycles. The fourth-order valence-corrected chi connectivity index (χ4v) is 3.53. The Morgan fingerprint density at radius 3 is 2.36 bits per heavy atom. The maximum atomic E-state index is 13.2. The minimum atomic E-state index is -4.41. The van der Waals surface area contributed by atoms with Gasteiger partial charge in [-0.05, 0) is 61.8 Å². The van der Waals surface area contributed by atoms with E-state index in [-0.39, 0.29) is 0 Å². The van der Waals surface area contributed by atoms with Crippen molar-refractivity contribution in [2.75, 3.05) is 13.1 Å². The molecule has 1 aromatic carbocycles. The SMILES string of the molecule is FC(F)(F)c1cccc(-c2nnc(C3CCNCC3)cc2-c2ccncc2)c1. The zero-order valence-electron chi connectivity index (χ0n) is 15.1. The number of piperidine rings is 1. The van der Waals surface area contributed by atoms with Crippen molar-refractivity contribution in [2.24, 2.45) is 0 Å². The van der Waals surface area contributed by atoms with Crippen LogP contribution in [0.15, 0.2) is 54.9 Å². The first-order valence-electron chi connectivity index (χ1n) is 9.19. The van der Waals surface area contributed by atoms with E-state index in [1.807, 2.05) is 18.2 Å². The summed E-state index contributed by atoms with van der Waals surface area (Å²) in [6, 6.07) is 10.9. The first-order chi connectivity index (χ1) is 13.5. The van der Waals surface area contributed by atoms with Crippen LogP contribution >= 0.6 is 0 Å². The molecule has 1 fully saturated rings. The fraction of sp³-hybridized carbons (Fsp3) is 0.286. The van der Waals surface area contributed by atoms with Crippen LogP contribution in [0.5, 0.6) is 0 Å². The van der Waals surface area contributed by atoms with E-state index in [1.54, 1.807) is 18.5 Å². The molecule has 1 aliphatic rings. The summed E-state index contributed by atoms with van der Waals surface area (Å²) in [6.07, 6.45) is 0.849. The third-order valence-electron chi connectivity index (χ3n) is 5.02. The molecule has 1 aliphatic heterocycles. The van der Waals surface area contributed by atoms with Crippen molar-refractivity contribution in [3.05, 3.63) is 66.1 Å². The summed E-state index contributed by atoms with van der Waals surface area (Å²) in [5.41, 5.74) is 2.64. The summed E-state index contributed by atoms with van der Waals surface area (Å²) in [5, 5.41) is 12.1. The molecule has 0 unspecified atom stereocenters. The second-order valence-corrected chi connectivity index (χ2v) is 6.87. The number of aromatic nitrogens is 3. The van der Waals surface area contributed by atoms with Gasteiger partial charge in [-0.1, -0.05) is 12.1 Å². The molecule has 7 heteroatoms. The third kappa shape index (κ3) is 3.89. The quantitative estimate of drug-likeness (QED) is 0.712. The Morgan fingerprint density at radius 1 is 0.893 bits per heavy atom. The zero-order valence-corrected chi connectivity index (χ0v) is 15.1. The van der Waals surface area contributed by atoms with Crippen LogP contribution in [0.3, 0.4) is 0 Å². The largest absolute Gasteiger partial charge is 0.416 e. The minimum absolute atomic E-state index is 0.296. The summed E-state index contributed by atoms with van der Waals surface area (Å²) >= 11 is 0. The Balaban J connectivity index is 1.83. The van der Waals surface area contributed by atoms with E-state index in [4.69, 9.17) is 0 Å². The van der Waals surface area contributed by atoms with Crippen molar-refractivity contribution in [1.82, 2.24) is 20.5 Å². The summed E-state index contributed by atoms with van der Waals surface area (Å²) in [7, 11) is 0. The lowest BCUT2D eigenvalue weighted by Crippen LogP contribution is -2.27. The van der Waals surface area contributed by atoms with E-state index >= 15 is 0 Å². The molecule has 0 spiro atoms. The van der Waals surface area contributed by atoms with Crippen molar-refractivity contribution < 1.29 is 13.2 Å². The van der Waals surface area contributed by atoms with E-state index in [2.05, 4.69) is 20.5 Å². The Bertz CT molecular complexity index is 951. The second-order valence-electron chi connectivity index (χ2n) is 6.87. The molecule has 144 valence electrons. The van der Waals surface area contributed by atoms with E-state index in [0.717, 1.165) is 54.9 Å². The van der Waals surface area contributed by atoms with Crippen molar-refractivity contribution >= 4 is 0 Å². The van der Waals surface area contributed by atoms with E-state index in [9.17, 15) is 13.2 Å². The van der Waals surface area contributed by atoms with Gasteiger partial charge in [0.2, 0.25) is 0 Å². The van der Waals surface area contributed by atoms with Crippen LogP contribution in [0.2, 0.25) is 0 Å². The predicted molar refractivity (Wildman–Crippen MR) is 101 cm³/mol. The van der Waals surface area contributed by atoms with E-state index in [1.165, 1.54) is 6.07 Å². The highest BCUT2D eigenvalue weighted by Gasteiger charge is 2.31. The van der Waals surface area contributed by atoms with Gasteiger partial charge in [0.15, 0.2) is 0 Å². The fourth-order valence-electron chi connectivity index (χ4n) is 3.53. The molecule has 1 saturated heterocycles. The molecule has 0 amide bonds. The number of alkyl halides is 3. The molecular weight excluding hydrogens is 365 g/mol. The van der Waals surface area contributed by atoms with E-state index in [0.29, 0.717) is 17.2 Å². The number of benzene rings is 1. The maximum absolute atomic E-state index is 13.2. The molecular formula is C21H19F3N4. The minimum Gasteiger partial charge on any atom is -0.317 e. The van der Waals surface area contributed by atoms with Crippen LogP contribution in [0.1, 0.15) is 30.0 Å². The number of nitrogens with one attached hydrogen (secondary N) is 1. The normalized spacial score (nSPS) is 15.5. The van der Waals surface area contributed by atoms with E-state index < -0.39 is 11.7 Å². The summed E-state index contributed by atoms with van der Waals surface area (Å²) in [4.78, 5) is 4.04. The van der Waals surface area contributed by atoms with Gasteiger partial charge < -0.3 is 5.32 Å². The van der Waals surface area contributed by atoms with Gasteiger partial charge >= 0.3 is 6.18 Å². The van der Waals surface area contributed by atoms with Gasteiger partial charge in [-0.2, -0.15) is 18.3 Å². The highest BCUT2D eigenvalue weighted by Crippen LogP contribution is 2.36. The highest BCUT2D eigenvalue weighted by molar-refractivity contribution is 5.80. The third-order valence-corrected chi connectivity index (χ3v) is 5.02. The van der Waals surface area contributed by atoms with Crippen LogP contribution in [-0.2, 0) is 6.18 Å². The van der Waals surface area contributed by atoms with Crippen LogP contribution in [0, 0.1) is 0 Å². The molecule has 28 heavy (non-hydrogen) atoms. The average Bonchev–Trinajstić information content (AvgIpc) is 2.74. The second kappa shape index (κ2) is 7.67. The van der Waals surface area contributed by atoms with Gasteiger partial charge in [-0.15, -0.1) is 5.10 Å². The summed E-state index contributed by atoms with van der Waals surface area (Å²) < 4.78 is 39.5. The van der Waals surface area contributed by atoms with Crippen LogP contribution < -0.4 is 5.32 Å². The van der Waals surface area contributed by atoms with Crippen molar-refractivity contribution in [3.8, 4) is 22.4 Å². The first-order valence-corrected chi connectivity index (χ1v) is 9.19. The standard InChI is InChI=1S/C21H19F3N4/c22-21(23,24)17-3-1-2-16(12-17)20-18(14-4-8-25-9-5-14)13-19(27-28-20)15-6-10-26-11-7-15/h1-5,8-9,12-13,15,26H,6-7,10-11H2. The Labute approximate surface area is 160 Å². The summed E-state index contributed by atoms with van der Waals surface area (Å²) in [5.74, 6) is 0.296. The molecule has 4 rings (SSSR count). The van der Waals surface area contributed by atoms with Gasteiger partial charge in [-0.25, -0.2) is 0 Å². The van der Waals surface area contributed by atoms with Crippen LogP contribution in [0.4, 0.5) is 13.2 Å². The lowest BCUT2D eigenvalue weighted by molar-refractivity contribution is -0.137. The van der Waals surface area contributed by atoms with Gasteiger partial charge in [-0.3, -0.25) is 4.98 Å². The number of hydrogen-bond acceptors (Lipinski definition) is 4. The predicted octanol–water partition coefficient (Wildman–Crippen LogP) is 4.69. The lowest BCUT2D eigenvalue weighted by Gasteiger charge is -2.22. The molecule has 4 nitrogen and oxygen atoms in total. The average molecular weight is 384 g/mol. The van der Waals surface area contributed by atoms with Crippen molar-refractivity contribution in [2.45, 2.75) is 24.9 Å². The Morgan fingerprint density at radius 2 is 1.64 bits per heavy atom. The highest BCUT2D eigenvalue weighted by atomic mass is 19.4. The monoisotopic (exact) mass is 384 g/mol. The number of nitrogens with zero attached hydrogens (tertiary/aromatic N) is 3. The van der Waals surface area contributed by atoms with Crippen molar-refractivity contribution in [1.29, 1.82) is 0 Å². The number of rotatable bonds is 3. The molecule has 1 N–H and O–H groups in total. The zero-order chi connectivity index (χ0) is 19.6. The van der Waals surface area contributed by atoms with Crippen molar-refractivity contribution in [3.63, 3.8) is 0 Å². The van der Waals surface area contributed by atoms with Gasteiger partial charge in [0.05, 0.1) is 11.3 Å². The number of pyridine rings is 1. The van der Waals surface area contributed by atoms with Gasteiger partial charge in [0, 0.05) is 29.4 Å². The maximum Gasteiger partial charge on any atom is 0.416 e. The lowest BCUT2D eigenvalue weighted by atomic mass is 9.91. The number of halogens is 3.